The van der Waals surface area contributed by atoms with Gasteiger partial charge >= 0.3 is 5.95 Å². The number of imidazole rings is 1. The lowest BCUT2D eigenvalue weighted by molar-refractivity contribution is -0.656. The lowest BCUT2D eigenvalue weighted by Crippen LogP contribution is -2.32. The Morgan fingerprint density at radius 2 is 1.54 bits per heavy atom. The second-order valence-corrected chi connectivity index (χ2v) is 7.41. The van der Waals surface area contributed by atoms with Gasteiger partial charge in [0.2, 0.25) is 0 Å². The summed E-state index contributed by atoms with van der Waals surface area (Å²) in [7, 11) is 7.84. The van der Waals surface area contributed by atoms with Gasteiger partial charge in [0.25, 0.3) is 0 Å². The fourth-order valence-corrected chi connectivity index (χ4v) is 3.25. The van der Waals surface area contributed by atoms with E-state index in [-0.39, 0.29) is 0 Å². The predicted molar refractivity (Wildman–Crippen MR) is 118 cm³/mol. The number of benzene rings is 2. The molecule has 0 radical (unpaired) electrons. The van der Waals surface area contributed by atoms with Crippen LogP contribution in [0.15, 0.2) is 48.8 Å². The quantitative estimate of drug-likeness (QED) is 0.342. The first kappa shape index (κ1) is 20.0. The molecule has 0 aliphatic carbocycles. The summed E-state index contributed by atoms with van der Waals surface area (Å²) in [4.78, 5) is 1.96. The van der Waals surface area contributed by atoms with Gasteiger partial charge in [-0.25, -0.2) is 9.13 Å². The van der Waals surface area contributed by atoms with Gasteiger partial charge in [-0.3, -0.25) is 10.9 Å². The van der Waals surface area contributed by atoms with Crippen molar-refractivity contribution in [2.45, 2.75) is 0 Å². The molecule has 2 aromatic carbocycles. The highest BCUT2D eigenvalue weighted by Crippen LogP contribution is 2.29. The van der Waals surface area contributed by atoms with Crippen LogP contribution in [0, 0.1) is 0 Å². The van der Waals surface area contributed by atoms with Crippen LogP contribution in [-0.2, 0) is 14.1 Å². The number of nitrogens with one attached hydrogen (secondary N) is 4. The second-order valence-electron chi connectivity index (χ2n) is 6.60. The van der Waals surface area contributed by atoms with Crippen molar-refractivity contribution < 1.29 is 4.57 Å². The topological polar surface area (TPSA) is 60.2 Å². The van der Waals surface area contributed by atoms with Crippen LogP contribution in [0.1, 0.15) is 0 Å². The van der Waals surface area contributed by atoms with Crippen LogP contribution in [-0.4, -0.2) is 18.7 Å². The van der Waals surface area contributed by atoms with E-state index in [1.54, 1.807) is 0 Å². The molecule has 0 bridgehead atoms. The summed E-state index contributed by atoms with van der Waals surface area (Å²) in [5.41, 5.74) is 15.9. The Morgan fingerprint density at radius 1 is 0.893 bits per heavy atom. The molecule has 0 atom stereocenters. The molecule has 0 saturated carbocycles. The third-order valence-corrected chi connectivity index (χ3v) is 4.86. The number of hydrogen-bond acceptors (Lipinski definition) is 5. The van der Waals surface area contributed by atoms with Crippen molar-refractivity contribution in [3.05, 3.63) is 58.8 Å². The number of halogens is 2. The van der Waals surface area contributed by atoms with Crippen LogP contribution in [0.2, 0.25) is 10.0 Å². The Kier molecular flexibility index (Phi) is 6.06. The lowest BCUT2D eigenvalue weighted by Gasteiger charge is -2.17. The van der Waals surface area contributed by atoms with Crippen LogP contribution in [0.4, 0.5) is 28.7 Å². The summed E-state index contributed by atoms with van der Waals surface area (Å²) >= 11 is 12.7. The fraction of sp³-hybridized carbons (Fsp3) is 0.211. The number of hydrogen-bond donors (Lipinski definition) is 4. The van der Waals surface area contributed by atoms with E-state index in [2.05, 4.69) is 21.7 Å². The minimum atomic E-state index is 0.576. The van der Waals surface area contributed by atoms with Gasteiger partial charge in [0, 0.05) is 14.1 Å². The molecule has 0 aliphatic rings. The highest BCUT2D eigenvalue weighted by molar-refractivity contribution is 6.34. The van der Waals surface area contributed by atoms with E-state index in [0.29, 0.717) is 10.0 Å². The van der Waals surface area contributed by atoms with Gasteiger partial charge in [0.05, 0.1) is 59.3 Å². The molecule has 148 valence electrons. The maximum atomic E-state index is 6.40. The molecule has 9 heteroatoms. The summed E-state index contributed by atoms with van der Waals surface area (Å²) in [6.45, 7) is 0. The molecular weight excluding hydrogens is 397 g/mol. The molecule has 0 aliphatic heterocycles. The van der Waals surface area contributed by atoms with Crippen molar-refractivity contribution >= 4 is 51.9 Å². The van der Waals surface area contributed by atoms with Gasteiger partial charge in [-0.15, -0.1) is 0 Å². The van der Waals surface area contributed by atoms with E-state index in [1.807, 2.05) is 91.0 Å². The van der Waals surface area contributed by atoms with Crippen LogP contribution in [0.3, 0.4) is 0 Å². The minimum Gasteiger partial charge on any atom is -0.376 e. The summed E-state index contributed by atoms with van der Waals surface area (Å²) in [6, 6.07) is 11.4. The molecule has 4 N–H and O–H groups in total. The van der Waals surface area contributed by atoms with Gasteiger partial charge in [-0.05, 0) is 36.4 Å². The average Bonchev–Trinajstić information content (AvgIpc) is 2.97. The molecule has 7 nitrogen and oxygen atoms in total. The van der Waals surface area contributed by atoms with Crippen molar-refractivity contribution in [2.75, 3.05) is 40.7 Å². The Bertz CT molecular complexity index is 949. The van der Waals surface area contributed by atoms with Crippen molar-refractivity contribution in [3.8, 4) is 0 Å². The van der Waals surface area contributed by atoms with Crippen molar-refractivity contribution in [1.82, 2.24) is 4.57 Å². The van der Waals surface area contributed by atoms with Crippen LogP contribution < -0.4 is 31.2 Å². The summed E-state index contributed by atoms with van der Waals surface area (Å²) < 4.78 is 3.95. The monoisotopic (exact) mass is 420 g/mol. The Balaban J connectivity index is 1.62. The van der Waals surface area contributed by atoms with Crippen molar-refractivity contribution in [2.24, 2.45) is 14.1 Å². The number of aryl methyl sites for hydroxylation is 2. The van der Waals surface area contributed by atoms with Crippen LogP contribution in [0.5, 0.6) is 0 Å². The zero-order chi connectivity index (χ0) is 20.3. The molecule has 3 rings (SSSR count). The highest BCUT2D eigenvalue weighted by Gasteiger charge is 2.10. The molecule has 0 unspecified atom stereocenters. The van der Waals surface area contributed by atoms with E-state index in [0.717, 1.165) is 28.7 Å². The van der Waals surface area contributed by atoms with E-state index in [4.69, 9.17) is 23.2 Å². The summed E-state index contributed by atoms with van der Waals surface area (Å²) in [5, 5.41) is 1.24. The smallest absolute Gasteiger partial charge is 0.376 e. The third kappa shape index (κ3) is 4.55. The number of aromatic nitrogens is 2. The van der Waals surface area contributed by atoms with Gasteiger partial charge in [-0.1, -0.05) is 23.2 Å². The molecule has 28 heavy (non-hydrogen) atoms. The summed E-state index contributed by atoms with van der Waals surface area (Å²) in [6.07, 6.45) is 3.93. The number of anilines is 5. The maximum Gasteiger partial charge on any atom is 0.378 e. The molecule has 1 heterocycles. The number of nitrogens with zero attached hydrogens (tertiary/aromatic N) is 3. The zero-order valence-corrected chi connectivity index (χ0v) is 17.7. The zero-order valence-electron chi connectivity index (χ0n) is 16.2. The highest BCUT2D eigenvalue weighted by atomic mass is 35.5. The van der Waals surface area contributed by atoms with Gasteiger partial charge in [-0.2, -0.15) is 5.43 Å². The molecule has 0 saturated heterocycles. The van der Waals surface area contributed by atoms with Crippen molar-refractivity contribution in [1.29, 1.82) is 0 Å². The van der Waals surface area contributed by atoms with Crippen LogP contribution >= 0.6 is 23.2 Å². The SMILES string of the molecule is CN(C)c1ccc(NNc2ccc(NNc3n(C)cc[n+]3C)cc2Cl)cc1Cl. The first-order valence-electron chi connectivity index (χ1n) is 8.66. The largest absolute Gasteiger partial charge is 0.378 e. The molecule has 0 spiro atoms. The van der Waals surface area contributed by atoms with Gasteiger partial charge in [0.1, 0.15) is 0 Å². The van der Waals surface area contributed by atoms with E-state index < -0.39 is 0 Å². The number of hydrazine groups is 2. The molecule has 1 aromatic heterocycles. The van der Waals surface area contributed by atoms with Gasteiger partial charge in [0.15, 0.2) is 0 Å². The van der Waals surface area contributed by atoms with E-state index in [9.17, 15) is 0 Å². The van der Waals surface area contributed by atoms with Crippen molar-refractivity contribution in [3.63, 3.8) is 0 Å². The summed E-state index contributed by atoms with van der Waals surface area (Å²) in [5.74, 6) is 0.915. The average molecular weight is 421 g/mol. The Labute approximate surface area is 174 Å². The minimum absolute atomic E-state index is 0.576. The Hall–Kier alpha value is -2.77. The van der Waals surface area contributed by atoms with E-state index >= 15 is 0 Å². The van der Waals surface area contributed by atoms with Gasteiger partial charge < -0.3 is 10.3 Å². The first-order valence-corrected chi connectivity index (χ1v) is 9.42. The third-order valence-electron chi connectivity index (χ3n) is 4.24. The molecule has 0 amide bonds. The maximum absolute atomic E-state index is 6.40. The molecular formula is C19H24Cl2N7+. The molecule has 3 aromatic rings. The Morgan fingerprint density at radius 3 is 2.11 bits per heavy atom. The normalized spacial score (nSPS) is 10.5. The predicted octanol–water partition coefficient (Wildman–Crippen LogP) is 4.10. The van der Waals surface area contributed by atoms with Crippen LogP contribution in [0.25, 0.3) is 0 Å². The number of rotatable bonds is 7. The van der Waals surface area contributed by atoms with E-state index in [1.165, 1.54) is 0 Å². The standard InChI is InChI=1S/C19H23Cl2N7/c1-26(2)18-8-6-14(12-16(18)21)22-24-17-7-5-13(11-15(17)20)23-25-19-27(3)9-10-28(19)4/h5-12,22-24H,1-4H3/p+1. The lowest BCUT2D eigenvalue weighted by atomic mass is 10.2. The second kappa shape index (κ2) is 8.50. The first-order chi connectivity index (χ1) is 13.3. The molecule has 0 fully saturated rings. The fourth-order valence-electron chi connectivity index (χ4n) is 2.68.